The van der Waals surface area contributed by atoms with Crippen molar-refractivity contribution in [1.29, 1.82) is 0 Å². The number of aromatic amines is 1. The van der Waals surface area contributed by atoms with Gasteiger partial charge in [0.2, 0.25) is 11.1 Å². The van der Waals surface area contributed by atoms with Crippen molar-refractivity contribution < 1.29 is 9.59 Å². The summed E-state index contributed by atoms with van der Waals surface area (Å²) in [6.07, 6.45) is 0. The van der Waals surface area contributed by atoms with Crippen LogP contribution in [0.3, 0.4) is 0 Å². The predicted molar refractivity (Wildman–Crippen MR) is 80.0 cm³/mol. The van der Waals surface area contributed by atoms with E-state index in [2.05, 4.69) is 20.5 Å². The van der Waals surface area contributed by atoms with Crippen molar-refractivity contribution in [2.45, 2.75) is 24.3 Å². The molecule has 2 aromatic rings. The second-order valence-electron chi connectivity index (χ2n) is 4.36. The molecule has 0 saturated heterocycles. The number of aromatic nitrogens is 3. The van der Waals surface area contributed by atoms with Crippen LogP contribution in [0.4, 0.5) is 5.69 Å². The highest BCUT2D eigenvalue weighted by Gasteiger charge is 2.18. The predicted octanol–water partition coefficient (Wildman–Crippen LogP) is 1.33. The van der Waals surface area contributed by atoms with Gasteiger partial charge in [-0.2, -0.15) is 0 Å². The van der Waals surface area contributed by atoms with E-state index >= 15 is 0 Å². The molecule has 1 aromatic carbocycles. The second kappa shape index (κ2) is 6.40. The molecular weight excluding hydrogens is 290 g/mol. The van der Waals surface area contributed by atoms with Gasteiger partial charge in [0, 0.05) is 0 Å². The summed E-state index contributed by atoms with van der Waals surface area (Å²) in [5.74, 6) is -0.156. The molecule has 8 heteroatoms. The van der Waals surface area contributed by atoms with Crippen molar-refractivity contribution in [3.8, 4) is 0 Å². The van der Waals surface area contributed by atoms with Gasteiger partial charge in [0.1, 0.15) is 5.82 Å². The van der Waals surface area contributed by atoms with Gasteiger partial charge in [0.05, 0.1) is 16.5 Å². The molecular formula is C13H15N5O2S. The summed E-state index contributed by atoms with van der Waals surface area (Å²) in [4.78, 5) is 27.6. The summed E-state index contributed by atoms with van der Waals surface area (Å²) in [5, 5.41) is 9.45. The number of amides is 2. The summed E-state index contributed by atoms with van der Waals surface area (Å²) < 4.78 is 0. The molecule has 1 aromatic heterocycles. The lowest BCUT2D eigenvalue weighted by atomic mass is 10.1. The van der Waals surface area contributed by atoms with E-state index in [4.69, 9.17) is 5.73 Å². The average Bonchev–Trinajstić information content (AvgIpc) is 2.84. The Morgan fingerprint density at radius 1 is 1.38 bits per heavy atom. The Balaban J connectivity index is 2.05. The lowest BCUT2D eigenvalue weighted by Gasteiger charge is -2.12. The third-order valence-corrected chi connectivity index (χ3v) is 3.64. The van der Waals surface area contributed by atoms with E-state index in [0.717, 1.165) is 0 Å². The fourth-order valence-electron chi connectivity index (χ4n) is 1.63. The van der Waals surface area contributed by atoms with Gasteiger partial charge in [-0.3, -0.25) is 14.7 Å². The third-order valence-electron chi connectivity index (χ3n) is 2.68. The fourth-order valence-corrected chi connectivity index (χ4v) is 2.40. The molecule has 2 rings (SSSR count). The number of para-hydroxylation sites is 1. The maximum Gasteiger partial charge on any atom is 0.250 e. The Morgan fingerprint density at radius 2 is 2.10 bits per heavy atom. The first-order valence-corrected chi connectivity index (χ1v) is 7.10. The Bertz CT molecular complexity index is 670. The van der Waals surface area contributed by atoms with Crippen LogP contribution >= 0.6 is 11.8 Å². The lowest BCUT2D eigenvalue weighted by molar-refractivity contribution is -0.115. The number of H-pyrrole nitrogens is 1. The lowest BCUT2D eigenvalue weighted by Crippen LogP contribution is -2.24. The van der Waals surface area contributed by atoms with Crippen molar-refractivity contribution in [1.82, 2.24) is 15.2 Å². The number of rotatable bonds is 5. The van der Waals surface area contributed by atoms with Crippen LogP contribution in [0.5, 0.6) is 0 Å². The van der Waals surface area contributed by atoms with Crippen LogP contribution in [-0.2, 0) is 4.79 Å². The van der Waals surface area contributed by atoms with Gasteiger partial charge in [-0.05, 0) is 26.0 Å². The maximum absolute atomic E-state index is 12.1. The van der Waals surface area contributed by atoms with E-state index in [0.29, 0.717) is 16.7 Å². The molecule has 0 unspecified atom stereocenters. The highest BCUT2D eigenvalue weighted by Crippen LogP contribution is 2.21. The normalized spacial score (nSPS) is 11.9. The monoisotopic (exact) mass is 305 g/mol. The van der Waals surface area contributed by atoms with E-state index in [1.165, 1.54) is 11.8 Å². The Morgan fingerprint density at radius 3 is 2.71 bits per heavy atom. The van der Waals surface area contributed by atoms with E-state index in [-0.39, 0.29) is 11.5 Å². The van der Waals surface area contributed by atoms with Gasteiger partial charge in [-0.25, -0.2) is 4.98 Å². The Hall–Kier alpha value is -2.35. The van der Waals surface area contributed by atoms with Crippen LogP contribution in [0, 0.1) is 6.92 Å². The zero-order valence-corrected chi connectivity index (χ0v) is 12.4. The number of nitrogens with zero attached hydrogens (tertiary/aromatic N) is 2. The molecule has 0 spiro atoms. The largest absolute Gasteiger partial charge is 0.366 e. The minimum absolute atomic E-state index is 0.254. The average molecular weight is 305 g/mol. The molecule has 110 valence electrons. The van der Waals surface area contributed by atoms with Crippen molar-refractivity contribution >= 4 is 29.3 Å². The highest BCUT2D eigenvalue weighted by molar-refractivity contribution is 8.00. The van der Waals surface area contributed by atoms with Gasteiger partial charge in [-0.15, -0.1) is 5.10 Å². The molecule has 21 heavy (non-hydrogen) atoms. The van der Waals surface area contributed by atoms with Crippen LogP contribution in [0.1, 0.15) is 23.1 Å². The van der Waals surface area contributed by atoms with Crippen LogP contribution < -0.4 is 11.1 Å². The first-order chi connectivity index (χ1) is 9.97. The number of benzene rings is 1. The molecule has 0 bridgehead atoms. The third kappa shape index (κ3) is 3.82. The van der Waals surface area contributed by atoms with E-state index in [9.17, 15) is 9.59 Å². The van der Waals surface area contributed by atoms with Crippen molar-refractivity contribution in [2.24, 2.45) is 5.73 Å². The summed E-state index contributed by atoms with van der Waals surface area (Å²) in [5.41, 5.74) is 5.94. The molecule has 0 radical (unpaired) electrons. The number of hydrogen-bond acceptors (Lipinski definition) is 5. The minimum atomic E-state index is -0.587. The first-order valence-electron chi connectivity index (χ1n) is 6.22. The van der Waals surface area contributed by atoms with Crippen LogP contribution in [0.25, 0.3) is 0 Å². The molecule has 7 nitrogen and oxygen atoms in total. The van der Waals surface area contributed by atoms with Crippen LogP contribution in [0.15, 0.2) is 29.4 Å². The SMILES string of the molecule is Cc1nc(S[C@H](C)C(=O)Nc2ccccc2C(N)=O)n[nH]1. The summed E-state index contributed by atoms with van der Waals surface area (Å²) >= 11 is 1.22. The summed E-state index contributed by atoms with van der Waals surface area (Å²) in [6, 6.07) is 6.60. The number of nitrogens with one attached hydrogen (secondary N) is 2. The number of carbonyl (C=O) groups excluding carboxylic acids is 2. The standard InChI is InChI=1S/C13H15N5O2S/c1-7(21-13-15-8(2)17-18-13)12(20)16-10-6-4-3-5-9(10)11(14)19/h3-7H,1-2H3,(H2,14,19)(H,16,20)(H,15,17,18)/t7-/m1/s1. The molecule has 1 heterocycles. The van der Waals surface area contributed by atoms with Gasteiger partial charge in [0.25, 0.3) is 5.91 Å². The van der Waals surface area contributed by atoms with Crippen LogP contribution in [0.2, 0.25) is 0 Å². The first kappa shape index (κ1) is 15.0. The number of carbonyl (C=O) groups is 2. The van der Waals surface area contributed by atoms with E-state index in [1.807, 2.05) is 0 Å². The number of aryl methyl sites for hydroxylation is 1. The fraction of sp³-hybridized carbons (Fsp3) is 0.231. The Kier molecular flexibility index (Phi) is 4.59. The van der Waals surface area contributed by atoms with Crippen molar-refractivity contribution in [3.63, 3.8) is 0 Å². The number of nitrogens with two attached hydrogens (primary N) is 1. The molecule has 2 amide bonds. The van der Waals surface area contributed by atoms with Crippen LogP contribution in [-0.4, -0.2) is 32.2 Å². The highest BCUT2D eigenvalue weighted by atomic mass is 32.2. The van der Waals surface area contributed by atoms with Crippen molar-refractivity contribution in [2.75, 3.05) is 5.32 Å². The topological polar surface area (TPSA) is 114 Å². The molecule has 1 atom stereocenters. The quantitative estimate of drug-likeness (QED) is 0.721. The number of anilines is 1. The summed E-state index contributed by atoms with van der Waals surface area (Å²) in [6.45, 7) is 3.52. The minimum Gasteiger partial charge on any atom is -0.366 e. The van der Waals surface area contributed by atoms with Gasteiger partial charge < -0.3 is 11.1 Å². The number of thioether (sulfide) groups is 1. The van der Waals surface area contributed by atoms with E-state index in [1.54, 1.807) is 38.1 Å². The van der Waals surface area contributed by atoms with Gasteiger partial charge in [-0.1, -0.05) is 23.9 Å². The van der Waals surface area contributed by atoms with Gasteiger partial charge >= 0.3 is 0 Å². The van der Waals surface area contributed by atoms with Gasteiger partial charge in [0.15, 0.2) is 0 Å². The summed E-state index contributed by atoms with van der Waals surface area (Å²) in [7, 11) is 0. The zero-order chi connectivity index (χ0) is 15.4. The molecule has 0 aliphatic heterocycles. The molecule has 0 fully saturated rings. The molecule has 0 aliphatic carbocycles. The van der Waals surface area contributed by atoms with E-state index < -0.39 is 11.2 Å². The second-order valence-corrected chi connectivity index (χ2v) is 5.67. The smallest absolute Gasteiger partial charge is 0.250 e. The Labute approximate surface area is 125 Å². The number of primary amides is 1. The van der Waals surface area contributed by atoms with Crippen molar-refractivity contribution in [3.05, 3.63) is 35.7 Å². The maximum atomic E-state index is 12.1. The molecule has 4 N–H and O–H groups in total. The zero-order valence-electron chi connectivity index (χ0n) is 11.6. The molecule has 0 saturated carbocycles. The molecule has 0 aliphatic rings. The number of hydrogen-bond donors (Lipinski definition) is 3.